The Morgan fingerprint density at radius 3 is 2.50 bits per heavy atom. The van der Waals surface area contributed by atoms with Crippen molar-refractivity contribution in [1.29, 1.82) is 0 Å². The van der Waals surface area contributed by atoms with Crippen molar-refractivity contribution in [2.75, 3.05) is 0 Å². The second-order valence-electron chi connectivity index (χ2n) is 8.54. The van der Waals surface area contributed by atoms with Gasteiger partial charge in [0.25, 0.3) is 0 Å². The minimum atomic E-state index is -0.892. The normalized spacial score (nSPS) is 18.9. The Hall–Kier alpha value is -2.81. The number of benzene rings is 2. The van der Waals surface area contributed by atoms with E-state index < -0.39 is 5.97 Å². The largest absolute Gasteiger partial charge is 0.478 e. The average Bonchev–Trinajstić information content (AvgIpc) is 3.07. The molecule has 0 aliphatic heterocycles. The lowest BCUT2D eigenvalue weighted by atomic mass is 9.68. The van der Waals surface area contributed by atoms with Crippen LogP contribution in [-0.4, -0.2) is 15.6 Å². The quantitative estimate of drug-likeness (QED) is 0.610. The molecule has 4 rings (SSSR count). The van der Waals surface area contributed by atoms with Crippen molar-refractivity contribution >= 4 is 5.97 Å². The van der Waals surface area contributed by atoms with Gasteiger partial charge in [0.2, 0.25) is 0 Å². The first-order valence-corrected chi connectivity index (χ1v) is 10.0. The van der Waals surface area contributed by atoms with Crippen LogP contribution in [0, 0.1) is 11.3 Å². The number of aromatic nitrogens is 1. The number of carbonyl (C=O) groups is 1. The first kappa shape index (κ1) is 18.5. The van der Waals surface area contributed by atoms with Gasteiger partial charge in [0.05, 0.1) is 11.3 Å². The third kappa shape index (κ3) is 3.15. The van der Waals surface area contributed by atoms with Gasteiger partial charge < -0.3 is 9.67 Å². The lowest BCUT2D eigenvalue weighted by Gasteiger charge is -2.38. The van der Waals surface area contributed by atoms with E-state index in [-0.39, 0.29) is 5.41 Å². The molecule has 0 bridgehead atoms. The molecular weight excluding hydrogens is 346 g/mol. The fourth-order valence-corrected chi connectivity index (χ4v) is 4.29. The van der Waals surface area contributed by atoms with Crippen molar-refractivity contribution in [1.82, 2.24) is 4.57 Å². The van der Waals surface area contributed by atoms with Crippen LogP contribution in [0.25, 0.3) is 16.9 Å². The van der Waals surface area contributed by atoms with Gasteiger partial charge in [-0.1, -0.05) is 57.2 Å². The minimum Gasteiger partial charge on any atom is -0.478 e. The molecule has 1 heterocycles. The lowest BCUT2D eigenvalue weighted by Crippen LogP contribution is -2.31. The SMILES string of the molecule is CC(C)C1(C)CCc2cc(-c3ccccc3)n(-c3cccc(C(=O)O)c3)c2C1. The Kier molecular flexibility index (Phi) is 4.62. The van der Waals surface area contributed by atoms with E-state index in [1.807, 2.05) is 18.2 Å². The summed E-state index contributed by atoms with van der Waals surface area (Å²) in [6, 6.07) is 20.0. The monoisotopic (exact) mass is 373 g/mol. The molecule has 1 aromatic heterocycles. The van der Waals surface area contributed by atoms with E-state index in [2.05, 4.69) is 55.7 Å². The molecule has 0 saturated heterocycles. The molecule has 0 amide bonds. The van der Waals surface area contributed by atoms with Gasteiger partial charge in [-0.2, -0.15) is 0 Å². The molecule has 0 fully saturated rings. The maximum Gasteiger partial charge on any atom is 0.335 e. The van der Waals surface area contributed by atoms with Crippen LogP contribution in [-0.2, 0) is 12.8 Å². The Morgan fingerprint density at radius 2 is 1.82 bits per heavy atom. The maximum atomic E-state index is 11.5. The second-order valence-corrected chi connectivity index (χ2v) is 8.54. The molecule has 1 atom stereocenters. The summed E-state index contributed by atoms with van der Waals surface area (Å²) in [4.78, 5) is 11.5. The fourth-order valence-electron chi connectivity index (χ4n) is 4.29. The Balaban J connectivity index is 1.94. The number of aromatic carboxylic acids is 1. The van der Waals surface area contributed by atoms with Crippen molar-refractivity contribution in [3.8, 4) is 16.9 Å². The smallest absolute Gasteiger partial charge is 0.335 e. The summed E-state index contributed by atoms with van der Waals surface area (Å²) < 4.78 is 2.29. The van der Waals surface area contributed by atoms with Gasteiger partial charge in [-0.25, -0.2) is 4.79 Å². The minimum absolute atomic E-state index is 0.251. The number of carboxylic acids is 1. The zero-order valence-corrected chi connectivity index (χ0v) is 16.8. The number of hydrogen-bond acceptors (Lipinski definition) is 1. The zero-order valence-electron chi connectivity index (χ0n) is 16.8. The Labute approximate surface area is 166 Å². The first-order chi connectivity index (χ1) is 13.4. The highest BCUT2D eigenvalue weighted by Gasteiger charge is 2.35. The Morgan fingerprint density at radius 1 is 1.07 bits per heavy atom. The van der Waals surface area contributed by atoms with E-state index in [1.165, 1.54) is 17.7 Å². The highest BCUT2D eigenvalue weighted by Crippen LogP contribution is 2.44. The highest BCUT2D eigenvalue weighted by atomic mass is 16.4. The molecule has 0 radical (unpaired) electrons. The van der Waals surface area contributed by atoms with Crippen LogP contribution in [0.5, 0.6) is 0 Å². The number of aryl methyl sites for hydroxylation is 1. The van der Waals surface area contributed by atoms with Gasteiger partial charge in [0.1, 0.15) is 0 Å². The predicted octanol–water partition coefficient (Wildman–Crippen LogP) is 5.99. The van der Waals surface area contributed by atoms with Crippen LogP contribution < -0.4 is 0 Å². The summed E-state index contributed by atoms with van der Waals surface area (Å²) >= 11 is 0. The van der Waals surface area contributed by atoms with Crippen molar-refractivity contribution in [3.63, 3.8) is 0 Å². The van der Waals surface area contributed by atoms with E-state index in [0.717, 1.165) is 29.8 Å². The third-order valence-corrected chi connectivity index (χ3v) is 6.54. The summed E-state index contributed by atoms with van der Waals surface area (Å²) in [5.74, 6) is -0.300. The Bertz CT molecular complexity index is 1020. The van der Waals surface area contributed by atoms with Crippen molar-refractivity contribution < 1.29 is 9.90 Å². The molecule has 1 unspecified atom stereocenters. The molecular formula is C25H27NO2. The van der Waals surface area contributed by atoms with Gasteiger partial charge in [0, 0.05) is 11.4 Å². The summed E-state index contributed by atoms with van der Waals surface area (Å²) in [5.41, 5.74) is 6.50. The van der Waals surface area contributed by atoms with E-state index in [9.17, 15) is 9.90 Å². The lowest BCUT2D eigenvalue weighted by molar-refractivity contribution is 0.0697. The fraction of sp³-hybridized carbons (Fsp3) is 0.320. The van der Waals surface area contributed by atoms with Crippen LogP contribution in [0.15, 0.2) is 60.7 Å². The number of nitrogens with zero attached hydrogens (tertiary/aromatic N) is 1. The van der Waals surface area contributed by atoms with Gasteiger partial charge >= 0.3 is 5.97 Å². The van der Waals surface area contributed by atoms with Crippen LogP contribution in [0.2, 0.25) is 0 Å². The molecule has 0 spiro atoms. The van der Waals surface area contributed by atoms with Gasteiger partial charge in [0.15, 0.2) is 0 Å². The number of rotatable bonds is 4. The maximum absolute atomic E-state index is 11.5. The molecule has 1 aliphatic carbocycles. The number of carboxylic acid groups (broad SMARTS) is 1. The van der Waals surface area contributed by atoms with Crippen molar-refractivity contribution in [2.45, 2.75) is 40.0 Å². The number of fused-ring (bicyclic) bond motifs is 1. The standard InChI is InChI=1S/C25H27NO2/c1-17(2)25(3)13-12-19-15-22(18-8-5-4-6-9-18)26(23(19)16-25)21-11-7-10-20(14-21)24(27)28/h4-11,14-15,17H,12-13,16H2,1-3H3,(H,27,28). The van der Waals surface area contributed by atoms with Crippen LogP contribution in [0.3, 0.4) is 0 Å². The third-order valence-electron chi connectivity index (χ3n) is 6.54. The highest BCUT2D eigenvalue weighted by molar-refractivity contribution is 5.88. The van der Waals surface area contributed by atoms with Crippen LogP contribution in [0.1, 0.15) is 48.8 Å². The zero-order chi connectivity index (χ0) is 19.9. The van der Waals surface area contributed by atoms with Crippen LogP contribution >= 0.6 is 0 Å². The first-order valence-electron chi connectivity index (χ1n) is 10.0. The van der Waals surface area contributed by atoms with Gasteiger partial charge in [-0.05, 0) is 66.0 Å². The summed E-state index contributed by atoms with van der Waals surface area (Å²) in [5, 5.41) is 9.48. The second kappa shape index (κ2) is 6.97. The molecule has 28 heavy (non-hydrogen) atoms. The summed E-state index contributed by atoms with van der Waals surface area (Å²) in [7, 11) is 0. The average molecular weight is 373 g/mol. The predicted molar refractivity (Wildman–Crippen MR) is 113 cm³/mol. The van der Waals surface area contributed by atoms with E-state index in [0.29, 0.717) is 11.5 Å². The summed E-state index contributed by atoms with van der Waals surface area (Å²) in [6.45, 7) is 7.00. The van der Waals surface area contributed by atoms with Gasteiger partial charge in [-0.3, -0.25) is 0 Å². The molecule has 3 aromatic rings. The molecule has 2 aromatic carbocycles. The van der Waals surface area contributed by atoms with Crippen molar-refractivity contribution in [2.24, 2.45) is 11.3 Å². The molecule has 3 nitrogen and oxygen atoms in total. The van der Waals surface area contributed by atoms with Crippen LogP contribution in [0.4, 0.5) is 0 Å². The molecule has 1 N–H and O–H groups in total. The summed E-state index contributed by atoms with van der Waals surface area (Å²) in [6.07, 6.45) is 3.25. The van der Waals surface area contributed by atoms with E-state index >= 15 is 0 Å². The molecule has 3 heteroatoms. The van der Waals surface area contributed by atoms with E-state index in [4.69, 9.17) is 0 Å². The van der Waals surface area contributed by atoms with Crippen molar-refractivity contribution in [3.05, 3.63) is 77.5 Å². The topological polar surface area (TPSA) is 42.2 Å². The molecule has 1 aliphatic rings. The molecule has 0 saturated carbocycles. The van der Waals surface area contributed by atoms with E-state index in [1.54, 1.807) is 12.1 Å². The number of hydrogen-bond donors (Lipinski definition) is 1. The molecule has 144 valence electrons. The van der Waals surface area contributed by atoms with Gasteiger partial charge in [-0.15, -0.1) is 0 Å².